The Kier molecular flexibility index (Phi) is 25.7. The van der Waals surface area contributed by atoms with Crippen molar-refractivity contribution in [2.75, 3.05) is 7.05 Å². The van der Waals surface area contributed by atoms with Crippen LogP contribution in [-0.4, -0.2) is 7.05 Å². The largest absolute Gasteiger partial charge is 0.192 e. The van der Waals surface area contributed by atoms with Gasteiger partial charge >= 0.3 is 0 Å². The molecule has 0 N–H and O–H groups in total. The Morgan fingerprint density at radius 3 is 1.57 bits per heavy atom. The van der Waals surface area contributed by atoms with Gasteiger partial charge in [0.25, 0.3) is 0 Å². The molecule has 2 aromatic rings. The standard InChI is InChI=1S/C11H10N2.2C3H8.2C2H6/c1-12-13-11-7-6-9-4-2-3-5-10(9)8-11;2*1-3-2;2*1-2/h2-8H,1H3;2*3H2,1-2H3;2*1-2H3. The Hall–Kier alpha value is -1.70. The van der Waals surface area contributed by atoms with Crippen LogP contribution in [-0.2, 0) is 0 Å². The van der Waals surface area contributed by atoms with Crippen molar-refractivity contribution in [1.82, 2.24) is 0 Å². The molecular weight excluding hydrogens is 280 g/mol. The van der Waals surface area contributed by atoms with E-state index >= 15 is 0 Å². The van der Waals surface area contributed by atoms with Crippen LogP contribution >= 0.6 is 0 Å². The van der Waals surface area contributed by atoms with Gasteiger partial charge in [-0.25, -0.2) is 0 Å². The smallest absolute Gasteiger partial charge is 0.0858 e. The lowest BCUT2D eigenvalue weighted by atomic mass is 10.1. The van der Waals surface area contributed by atoms with Gasteiger partial charge in [-0.3, -0.25) is 0 Å². The monoisotopic (exact) mass is 318 g/mol. The van der Waals surface area contributed by atoms with Crippen LogP contribution in [0, 0.1) is 0 Å². The summed E-state index contributed by atoms with van der Waals surface area (Å²) in [6.07, 6.45) is 2.50. The van der Waals surface area contributed by atoms with Crippen molar-refractivity contribution in [1.29, 1.82) is 0 Å². The van der Waals surface area contributed by atoms with Gasteiger partial charge in [0, 0.05) is 7.05 Å². The molecule has 2 nitrogen and oxygen atoms in total. The summed E-state index contributed by atoms with van der Waals surface area (Å²) in [6, 6.07) is 14.3. The van der Waals surface area contributed by atoms with Crippen LogP contribution in [0.2, 0.25) is 0 Å². The quantitative estimate of drug-likeness (QED) is 0.471. The van der Waals surface area contributed by atoms with E-state index in [-0.39, 0.29) is 0 Å². The third-order valence-electron chi connectivity index (χ3n) is 1.95. The first kappa shape index (κ1) is 26.2. The minimum Gasteiger partial charge on any atom is -0.192 e. The minimum atomic E-state index is 0.904. The molecule has 0 unspecified atom stereocenters. The Bertz CT molecular complexity index is 474. The Morgan fingerprint density at radius 2 is 1.13 bits per heavy atom. The fourth-order valence-electron chi connectivity index (χ4n) is 1.35. The van der Waals surface area contributed by atoms with Crippen molar-refractivity contribution in [3.63, 3.8) is 0 Å². The predicted molar refractivity (Wildman–Crippen MR) is 109 cm³/mol. The summed E-state index contributed by atoms with van der Waals surface area (Å²) in [5, 5.41) is 10.2. The first-order chi connectivity index (χ1) is 11.2. The van der Waals surface area contributed by atoms with Gasteiger partial charge in [-0.2, -0.15) is 10.2 Å². The fourth-order valence-corrected chi connectivity index (χ4v) is 1.35. The Labute approximate surface area is 145 Å². The maximum atomic E-state index is 3.98. The maximum absolute atomic E-state index is 3.98. The zero-order chi connectivity index (χ0) is 18.5. The van der Waals surface area contributed by atoms with Gasteiger partial charge in [0.2, 0.25) is 0 Å². The van der Waals surface area contributed by atoms with Gasteiger partial charge in [-0.1, -0.05) is 98.6 Å². The molecule has 0 bridgehead atoms. The second kappa shape index (κ2) is 22.6. The third-order valence-corrected chi connectivity index (χ3v) is 1.95. The van der Waals surface area contributed by atoms with Gasteiger partial charge in [0.1, 0.15) is 0 Å². The van der Waals surface area contributed by atoms with Crippen LogP contribution in [0.25, 0.3) is 10.8 Å². The topological polar surface area (TPSA) is 24.7 Å². The molecule has 0 heterocycles. The van der Waals surface area contributed by atoms with Crippen molar-refractivity contribution in [2.24, 2.45) is 10.2 Å². The summed E-state index contributed by atoms with van der Waals surface area (Å²) in [6.45, 7) is 16.5. The Balaban J connectivity index is -0.000000339. The summed E-state index contributed by atoms with van der Waals surface area (Å²) >= 11 is 0. The molecule has 2 rings (SSSR count). The molecule has 0 aliphatic heterocycles. The van der Waals surface area contributed by atoms with E-state index in [4.69, 9.17) is 0 Å². The highest BCUT2D eigenvalue weighted by molar-refractivity contribution is 5.84. The molecule has 0 atom stereocenters. The van der Waals surface area contributed by atoms with Crippen LogP contribution in [0.5, 0.6) is 0 Å². The van der Waals surface area contributed by atoms with E-state index in [1.807, 2.05) is 52.0 Å². The lowest BCUT2D eigenvalue weighted by Crippen LogP contribution is -1.70. The van der Waals surface area contributed by atoms with Crippen molar-refractivity contribution in [3.8, 4) is 0 Å². The molecule has 0 amide bonds. The van der Waals surface area contributed by atoms with Crippen molar-refractivity contribution >= 4 is 16.5 Å². The van der Waals surface area contributed by atoms with E-state index in [0.29, 0.717) is 0 Å². The van der Waals surface area contributed by atoms with E-state index in [1.54, 1.807) is 7.05 Å². The van der Waals surface area contributed by atoms with Crippen molar-refractivity contribution < 1.29 is 0 Å². The molecule has 0 aliphatic carbocycles. The maximum Gasteiger partial charge on any atom is 0.0858 e. The number of hydrogen-bond acceptors (Lipinski definition) is 2. The number of fused-ring (bicyclic) bond motifs is 1. The first-order valence-corrected chi connectivity index (χ1v) is 9.01. The zero-order valence-corrected chi connectivity index (χ0v) is 16.9. The molecule has 23 heavy (non-hydrogen) atoms. The summed E-state index contributed by atoms with van der Waals surface area (Å²) in [5.41, 5.74) is 0.904. The molecule has 2 aromatic carbocycles. The average molecular weight is 319 g/mol. The highest BCUT2D eigenvalue weighted by Crippen LogP contribution is 2.20. The van der Waals surface area contributed by atoms with Crippen LogP contribution in [0.15, 0.2) is 52.7 Å². The predicted octanol–water partition coefficient (Wildman–Crippen LogP) is 8.44. The second-order valence-electron chi connectivity index (χ2n) is 4.25. The molecule has 0 spiro atoms. The number of benzene rings is 2. The van der Waals surface area contributed by atoms with Crippen molar-refractivity contribution in [3.05, 3.63) is 42.5 Å². The van der Waals surface area contributed by atoms with E-state index in [0.717, 1.165) is 5.69 Å². The third kappa shape index (κ3) is 15.0. The number of hydrogen-bond donors (Lipinski definition) is 0. The molecule has 0 saturated heterocycles. The molecular formula is C21H38N2. The van der Waals surface area contributed by atoms with E-state index < -0.39 is 0 Å². The SMILES string of the molecule is CC.CC.CCC.CCC.CN=Nc1ccc2ccccc2c1. The van der Waals surface area contributed by atoms with Crippen LogP contribution in [0.1, 0.15) is 68.2 Å². The van der Waals surface area contributed by atoms with E-state index in [1.165, 1.54) is 23.6 Å². The lowest BCUT2D eigenvalue weighted by molar-refractivity contribution is 1.09. The summed E-state index contributed by atoms with van der Waals surface area (Å²) < 4.78 is 0. The molecule has 0 radical (unpaired) electrons. The molecule has 0 fully saturated rings. The van der Waals surface area contributed by atoms with Gasteiger partial charge in [0.05, 0.1) is 5.69 Å². The number of nitrogens with zero attached hydrogens (tertiary/aromatic N) is 2. The molecule has 0 aromatic heterocycles. The van der Waals surface area contributed by atoms with Crippen molar-refractivity contribution in [2.45, 2.75) is 68.2 Å². The average Bonchev–Trinajstić information content (AvgIpc) is 2.60. The zero-order valence-electron chi connectivity index (χ0n) is 16.9. The summed E-state index contributed by atoms with van der Waals surface area (Å²) in [7, 11) is 1.68. The van der Waals surface area contributed by atoms with Crippen LogP contribution in [0.4, 0.5) is 5.69 Å². The Morgan fingerprint density at radius 1 is 0.696 bits per heavy atom. The normalized spacial score (nSPS) is 8.39. The number of azo groups is 1. The second-order valence-corrected chi connectivity index (χ2v) is 4.25. The first-order valence-electron chi connectivity index (χ1n) is 9.01. The van der Waals surface area contributed by atoms with Crippen LogP contribution < -0.4 is 0 Å². The fraction of sp³-hybridized carbons (Fsp3) is 0.524. The molecule has 0 saturated carbocycles. The van der Waals surface area contributed by atoms with Gasteiger partial charge < -0.3 is 0 Å². The van der Waals surface area contributed by atoms with Crippen LogP contribution in [0.3, 0.4) is 0 Å². The molecule has 132 valence electrons. The highest BCUT2D eigenvalue weighted by Gasteiger charge is 1.92. The summed E-state index contributed by atoms with van der Waals surface area (Å²) in [5.74, 6) is 0. The summed E-state index contributed by atoms with van der Waals surface area (Å²) in [4.78, 5) is 0. The lowest BCUT2D eigenvalue weighted by Gasteiger charge is -1.97. The van der Waals surface area contributed by atoms with Gasteiger partial charge in [-0.05, 0) is 22.9 Å². The highest BCUT2D eigenvalue weighted by atomic mass is 15.1. The molecule has 0 aliphatic rings. The number of rotatable bonds is 1. The molecule has 2 heteroatoms. The minimum absolute atomic E-state index is 0.904. The van der Waals surface area contributed by atoms with E-state index in [2.05, 4.69) is 56.1 Å². The van der Waals surface area contributed by atoms with Gasteiger partial charge in [-0.15, -0.1) is 0 Å². The van der Waals surface area contributed by atoms with E-state index in [9.17, 15) is 0 Å². The van der Waals surface area contributed by atoms with Gasteiger partial charge in [0.15, 0.2) is 0 Å².